The molecule has 0 radical (unpaired) electrons. The zero-order valence-corrected chi connectivity index (χ0v) is 9.20. The third-order valence-electron chi connectivity index (χ3n) is 3.18. The molecule has 0 spiro atoms. The number of nitrogens with one attached hydrogen (secondary N) is 1. The van der Waals surface area contributed by atoms with E-state index >= 15 is 0 Å². The maximum absolute atomic E-state index is 3.67. The summed E-state index contributed by atoms with van der Waals surface area (Å²) >= 11 is 2.04. The summed E-state index contributed by atoms with van der Waals surface area (Å²) in [5.41, 5.74) is 0. The molecule has 0 bridgehead atoms. The Balaban J connectivity index is 1.72. The van der Waals surface area contributed by atoms with E-state index in [1.54, 1.807) is 0 Å². The van der Waals surface area contributed by atoms with E-state index in [0.29, 0.717) is 10.8 Å². The number of hydrogen-bond donors (Lipinski definition) is 1. The number of allylic oxidation sites excluding steroid dienone is 1. The topological polar surface area (TPSA) is 12.0 Å². The van der Waals surface area contributed by atoms with Crippen LogP contribution in [0.5, 0.6) is 0 Å². The lowest BCUT2D eigenvalue weighted by Gasteiger charge is -2.21. The highest BCUT2D eigenvalue weighted by Gasteiger charge is 2.41. The van der Waals surface area contributed by atoms with Crippen LogP contribution >= 0.6 is 11.8 Å². The van der Waals surface area contributed by atoms with Gasteiger partial charge in [-0.05, 0) is 38.4 Å². The molecule has 1 atom stereocenters. The quantitative estimate of drug-likeness (QED) is 0.695. The minimum Gasteiger partial charge on any atom is -0.309 e. The summed E-state index contributed by atoms with van der Waals surface area (Å²) in [5.74, 6) is 0. The van der Waals surface area contributed by atoms with Gasteiger partial charge in [0.1, 0.15) is 0 Å². The molecule has 2 aliphatic carbocycles. The van der Waals surface area contributed by atoms with E-state index in [9.17, 15) is 0 Å². The van der Waals surface area contributed by atoms with Gasteiger partial charge in [0.2, 0.25) is 0 Å². The molecule has 1 N–H and O–H groups in total. The van der Waals surface area contributed by atoms with E-state index in [1.165, 1.54) is 38.6 Å². The summed E-state index contributed by atoms with van der Waals surface area (Å²) < 4.78 is 0.616. The fourth-order valence-electron chi connectivity index (χ4n) is 1.89. The molecule has 1 saturated carbocycles. The van der Waals surface area contributed by atoms with Crippen molar-refractivity contribution >= 4 is 11.8 Å². The maximum atomic E-state index is 3.67. The third-order valence-corrected chi connectivity index (χ3v) is 4.60. The van der Waals surface area contributed by atoms with Gasteiger partial charge in [-0.15, -0.1) is 0 Å². The first-order valence-electron chi connectivity index (χ1n) is 5.30. The van der Waals surface area contributed by atoms with Crippen molar-refractivity contribution < 1.29 is 0 Å². The van der Waals surface area contributed by atoms with Crippen molar-refractivity contribution in [2.75, 3.05) is 12.8 Å². The molecule has 1 unspecified atom stereocenters. The maximum Gasteiger partial charge on any atom is 0.0282 e. The lowest BCUT2D eigenvalue weighted by molar-refractivity contribution is 0.517. The first-order valence-corrected chi connectivity index (χ1v) is 6.52. The summed E-state index contributed by atoms with van der Waals surface area (Å²) in [6.07, 6.45) is 13.7. The fraction of sp³-hybridized carbons (Fsp3) is 0.818. The highest BCUT2D eigenvalue weighted by molar-refractivity contribution is 8.00. The summed E-state index contributed by atoms with van der Waals surface area (Å²) in [4.78, 5) is 0. The number of hydrogen-bond acceptors (Lipinski definition) is 2. The summed E-state index contributed by atoms with van der Waals surface area (Å²) in [6, 6.07) is 0.665. The zero-order chi connectivity index (χ0) is 9.15. The smallest absolute Gasteiger partial charge is 0.0282 e. The molecular formula is C11H19NS. The van der Waals surface area contributed by atoms with Gasteiger partial charge in [-0.3, -0.25) is 0 Å². The molecule has 1 nitrogen and oxygen atoms in total. The van der Waals surface area contributed by atoms with Gasteiger partial charge in [-0.2, -0.15) is 11.8 Å². The predicted molar refractivity (Wildman–Crippen MR) is 60.3 cm³/mol. The van der Waals surface area contributed by atoms with Crippen LogP contribution in [-0.4, -0.2) is 23.6 Å². The summed E-state index contributed by atoms with van der Waals surface area (Å²) in [7, 11) is 0. The second kappa shape index (κ2) is 4.05. The molecular weight excluding hydrogens is 178 g/mol. The Morgan fingerprint density at radius 2 is 2.38 bits per heavy atom. The van der Waals surface area contributed by atoms with Gasteiger partial charge in [0, 0.05) is 17.3 Å². The van der Waals surface area contributed by atoms with Crippen molar-refractivity contribution in [3.8, 4) is 0 Å². The first-order chi connectivity index (χ1) is 6.35. The second-order valence-corrected chi connectivity index (χ2v) is 5.51. The SMILES string of the molecule is CSC1(CNC2C=CCCC2)CC1. The van der Waals surface area contributed by atoms with Gasteiger partial charge in [0.05, 0.1) is 0 Å². The van der Waals surface area contributed by atoms with Crippen molar-refractivity contribution in [3.05, 3.63) is 12.2 Å². The van der Waals surface area contributed by atoms with Gasteiger partial charge in [-0.25, -0.2) is 0 Å². The minimum absolute atomic E-state index is 0.616. The lowest BCUT2D eigenvalue weighted by Crippen LogP contribution is -2.34. The molecule has 0 aromatic rings. The van der Waals surface area contributed by atoms with E-state index in [4.69, 9.17) is 0 Å². The van der Waals surface area contributed by atoms with Crippen LogP contribution < -0.4 is 5.32 Å². The molecule has 0 aromatic heterocycles. The molecule has 0 amide bonds. The van der Waals surface area contributed by atoms with Crippen LogP contribution in [-0.2, 0) is 0 Å². The summed E-state index contributed by atoms with van der Waals surface area (Å²) in [5, 5.41) is 3.67. The first kappa shape index (κ1) is 9.60. The van der Waals surface area contributed by atoms with Gasteiger partial charge in [0.15, 0.2) is 0 Å². The predicted octanol–water partition coefficient (Wildman–Crippen LogP) is 2.58. The highest BCUT2D eigenvalue weighted by atomic mass is 32.2. The zero-order valence-electron chi connectivity index (χ0n) is 8.38. The van der Waals surface area contributed by atoms with Crippen LogP contribution in [0, 0.1) is 0 Å². The Labute approximate surface area is 85.4 Å². The Kier molecular flexibility index (Phi) is 2.99. The minimum atomic E-state index is 0.616. The molecule has 1 fully saturated rings. The standard InChI is InChI=1S/C11H19NS/c1-13-11(7-8-11)9-12-10-5-3-2-4-6-10/h3,5,10,12H,2,4,6-9H2,1H3. The van der Waals surface area contributed by atoms with Gasteiger partial charge in [-0.1, -0.05) is 12.2 Å². The molecule has 0 aliphatic heterocycles. The van der Waals surface area contributed by atoms with E-state index in [-0.39, 0.29) is 0 Å². The molecule has 0 saturated heterocycles. The molecule has 74 valence electrons. The van der Waals surface area contributed by atoms with E-state index in [1.807, 2.05) is 11.8 Å². The van der Waals surface area contributed by atoms with Gasteiger partial charge in [0.25, 0.3) is 0 Å². The van der Waals surface area contributed by atoms with Crippen LogP contribution in [0.2, 0.25) is 0 Å². The van der Waals surface area contributed by atoms with Crippen molar-refractivity contribution in [1.82, 2.24) is 5.32 Å². The van der Waals surface area contributed by atoms with E-state index in [2.05, 4.69) is 23.7 Å². The fourth-order valence-corrected chi connectivity index (χ4v) is 2.63. The summed E-state index contributed by atoms with van der Waals surface area (Å²) in [6.45, 7) is 1.21. The number of thioether (sulfide) groups is 1. The molecule has 13 heavy (non-hydrogen) atoms. The van der Waals surface area contributed by atoms with Crippen LogP contribution in [0.25, 0.3) is 0 Å². The molecule has 0 aromatic carbocycles. The van der Waals surface area contributed by atoms with Crippen LogP contribution in [0.3, 0.4) is 0 Å². The van der Waals surface area contributed by atoms with Gasteiger partial charge < -0.3 is 5.32 Å². The van der Waals surface area contributed by atoms with Crippen LogP contribution in [0.15, 0.2) is 12.2 Å². The van der Waals surface area contributed by atoms with E-state index < -0.39 is 0 Å². The third kappa shape index (κ3) is 2.50. The highest BCUT2D eigenvalue weighted by Crippen LogP contribution is 2.46. The monoisotopic (exact) mass is 197 g/mol. The molecule has 2 aliphatic rings. The lowest BCUT2D eigenvalue weighted by atomic mass is 10.0. The average molecular weight is 197 g/mol. The molecule has 2 heteroatoms. The Morgan fingerprint density at radius 1 is 1.54 bits per heavy atom. The van der Waals surface area contributed by atoms with Crippen molar-refractivity contribution in [2.45, 2.75) is 42.9 Å². The van der Waals surface area contributed by atoms with Gasteiger partial charge >= 0.3 is 0 Å². The Bertz CT molecular complexity index is 196. The number of rotatable bonds is 4. The van der Waals surface area contributed by atoms with Crippen molar-refractivity contribution in [2.24, 2.45) is 0 Å². The molecule has 2 rings (SSSR count). The largest absolute Gasteiger partial charge is 0.309 e. The Morgan fingerprint density at radius 3 is 2.92 bits per heavy atom. The van der Waals surface area contributed by atoms with Crippen LogP contribution in [0.1, 0.15) is 32.1 Å². The average Bonchev–Trinajstić information content (AvgIpc) is 2.97. The van der Waals surface area contributed by atoms with E-state index in [0.717, 1.165) is 0 Å². The van der Waals surface area contributed by atoms with Crippen molar-refractivity contribution in [3.63, 3.8) is 0 Å². The normalized spacial score (nSPS) is 30.4. The molecule has 0 heterocycles. The Hall–Kier alpha value is 0.0500. The second-order valence-electron chi connectivity index (χ2n) is 4.23. The van der Waals surface area contributed by atoms with Crippen LogP contribution in [0.4, 0.5) is 0 Å². The van der Waals surface area contributed by atoms with Crippen molar-refractivity contribution in [1.29, 1.82) is 0 Å².